The number of hydrogen-bond acceptors (Lipinski definition) is 3. The Morgan fingerprint density at radius 1 is 1.53 bits per heavy atom. The maximum Gasteiger partial charge on any atom is 0.269 e. The number of benzene rings is 1. The van der Waals surface area contributed by atoms with Crippen molar-refractivity contribution in [3.8, 4) is 0 Å². The first-order chi connectivity index (χ1) is 7.13. The summed E-state index contributed by atoms with van der Waals surface area (Å²) in [5, 5.41) is 13.2. The molecule has 1 aromatic carbocycles. The number of nitro groups is 1. The minimum absolute atomic E-state index is 0.0477. The molecule has 0 aliphatic carbocycles. The number of guanidine groups is 1. The molecule has 0 radical (unpaired) electrons. The van der Waals surface area contributed by atoms with Crippen LogP contribution in [0.2, 0.25) is 0 Å². The molecule has 0 saturated carbocycles. The minimum atomic E-state index is -0.451. The topological polar surface area (TPSA) is 93.5 Å². The highest BCUT2D eigenvalue weighted by atomic mass is 16.6. The SMILES string of the molecule is CCN=C(N)Nc1ccc([N+](=O)[O-])cc1. The molecule has 1 aromatic rings. The number of nitrogens with two attached hydrogens (primary N) is 1. The number of nitrogens with one attached hydrogen (secondary N) is 1. The first kappa shape index (κ1) is 11.0. The molecule has 0 aromatic heterocycles. The van der Waals surface area contributed by atoms with Crippen LogP contribution in [-0.4, -0.2) is 17.4 Å². The van der Waals surface area contributed by atoms with E-state index in [0.29, 0.717) is 18.2 Å². The van der Waals surface area contributed by atoms with Gasteiger partial charge in [0.05, 0.1) is 4.92 Å². The van der Waals surface area contributed by atoms with Gasteiger partial charge in [0, 0.05) is 24.4 Å². The number of nitro benzene ring substituents is 1. The molecule has 0 atom stereocenters. The summed E-state index contributed by atoms with van der Waals surface area (Å²) in [7, 11) is 0. The zero-order valence-corrected chi connectivity index (χ0v) is 8.30. The highest BCUT2D eigenvalue weighted by molar-refractivity contribution is 5.92. The van der Waals surface area contributed by atoms with E-state index in [1.54, 1.807) is 12.1 Å². The first-order valence-corrected chi connectivity index (χ1v) is 4.45. The summed E-state index contributed by atoms with van der Waals surface area (Å²) < 4.78 is 0. The average Bonchev–Trinajstić information content (AvgIpc) is 2.18. The molecule has 3 N–H and O–H groups in total. The number of nitrogens with zero attached hydrogens (tertiary/aromatic N) is 2. The van der Waals surface area contributed by atoms with Crippen LogP contribution in [0.3, 0.4) is 0 Å². The van der Waals surface area contributed by atoms with Crippen molar-refractivity contribution in [1.82, 2.24) is 0 Å². The van der Waals surface area contributed by atoms with Gasteiger partial charge in [0.1, 0.15) is 0 Å². The molecule has 6 nitrogen and oxygen atoms in total. The van der Waals surface area contributed by atoms with Crippen LogP contribution < -0.4 is 11.1 Å². The van der Waals surface area contributed by atoms with Crippen LogP contribution in [-0.2, 0) is 0 Å². The van der Waals surface area contributed by atoms with Crippen LogP contribution in [0.1, 0.15) is 6.92 Å². The molecule has 0 saturated heterocycles. The van der Waals surface area contributed by atoms with Gasteiger partial charge in [-0.05, 0) is 19.1 Å². The molecule has 6 heteroatoms. The van der Waals surface area contributed by atoms with Crippen LogP contribution in [0.4, 0.5) is 11.4 Å². The van der Waals surface area contributed by atoms with Crippen molar-refractivity contribution in [2.24, 2.45) is 10.7 Å². The molecule has 0 aliphatic heterocycles. The van der Waals surface area contributed by atoms with E-state index in [1.165, 1.54) is 12.1 Å². The fraction of sp³-hybridized carbons (Fsp3) is 0.222. The van der Waals surface area contributed by atoms with Gasteiger partial charge in [0.2, 0.25) is 0 Å². The van der Waals surface area contributed by atoms with Crippen LogP contribution in [0.5, 0.6) is 0 Å². The second-order valence-corrected chi connectivity index (χ2v) is 2.79. The molecule has 0 unspecified atom stereocenters. The fourth-order valence-corrected chi connectivity index (χ4v) is 1.02. The van der Waals surface area contributed by atoms with Crippen molar-refractivity contribution < 1.29 is 4.92 Å². The number of anilines is 1. The predicted octanol–water partition coefficient (Wildman–Crippen LogP) is 1.34. The van der Waals surface area contributed by atoms with Gasteiger partial charge < -0.3 is 11.1 Å². The smallest absolute Gasteiger partial charge is 0.269 e. The van der Waals surface area contributed by atoms with E-state index in [0.717, 1.165) is 0 Å². The molecule has 0 aliphatic rings. The van der Waals surface area contributed by atoms with E-state index < -0.39 is 4.92 Å². The highest BCUT2D eigenvalue weighted by Crippen LogP contribution is 2.14. The molecule has 15 heavy (non-hydrogen) atoms. The summed E-state index contributed by atoms with van der Waals surface area (Å²) in [5.74, 6) is 0.298. The lowest BCUT2D eigenvalue weighted by atomic mass is 10.3. The molecule has 80 valence electrons. The molecule has 0 heterocycles. The third-order valence-electron chi connectivity index (χ3n) is 1.68. The maximum absolute atomic E-state index is 10.4. The van der Waals surface area contributed by atoms with E-state index in [2.05, 4.69) is 10.3 Å². The zero-order valence-electron chi connectivity index (χ0n) is 8.30. The van der Waals surface area contributed by atoms with Gasteiger partial charge in [0.15, 0.2) is 5.96 Å². The standard InChI is InChI=1S/C9H12N4O2/c1-2-11-9(10)12-7-3-5-8(6-4-7)13(14)15/h3-6H,2H2,1H3,(H3,10,11,12). The lowest BCUT2D eigenvalue weighted by Gasteiger charge is -2.03. The van der Waals surface area contributed by atoms with Crippen molar-refractivity contribution in [2.45, 2.75) is 6.92 Å². The lowest BCUT2D eigenvalue weighted by Crippen LogP contribution is -2.22. The van der Waals surface area contributed by atoms with Crippen molar-refractivity contribution in [1.29, 1.82) is 0 Å². The van der Waals surface area contributed by atoms with E-state index >= 15 is 0 Å². The molecular weight excluding hydrogens is 196 g/mol. The minimum Gasteiger partial charge on any atom is -0.370 e. The summed E-state index contributed by atoms with van der Waals surface area (Å²) >= 11 is 0. The molecule has 0 fully saturated rings. The number of rotatable bonds is 3. The van der Waals surface area contributed by atoms with Crippen LogP contribution in [0.15, 0.2) is 29.3 Å². The summed E-state index contributed by atoms with van der Waals surface area (Å²) in [6.45, 7) is 2.45. The Kier molecular flexibility index (Phi) is 3.61. The quantitative estimate of drug-likeness (QED) is 0.339. The number of aliphatic imine (C=N–C) groups is 1. The maximum atomic E-state index is 10.4. The summed E-state index contributed by atoms with van der Waals surface area (Å²) in [6.07, 6.45) is 0. The molecule has 0 bridgehead atoms. The molecule has 0 spiro atoms. The Morgan fingerprint density at radius 3 is 2.60 bits per heavy atom. The normalized spacial score (nSPS) is 11.1. The van der Waals surface area contributed by atoms with E-state index in [4.69, 9.17) is 5.73 Å². The molecule has 0 amide bonds. The lowest BCUT2D eigenvalue weighted by molar-refractivity contribution is -0.384. The Hall–Kier alpha value is -2.11. The summed E-state index contributed by atoms with van der Waals surface area (Å²) in [6, 6.07) is 5.97. The van der Waals surface area contributed by atoms with Crippen LogP contribution in [0, 0.1) is 10.1 Å². The average molecular weight is 208 g/mol. The van der Waals surface area contributed by atoms with E-state index in [1.807, 2.05) is 6.92 Å². The third-order valence-corrected chi connectivity index (χ3v) is 1.68. The van der Waals surface area contributed by atoms with Crippen molar-refractivity contribution in [2.75, 3.05) is 11.9 Å². The predicted molar refractivity (Wildman–Crippen MR) is 58.9 cm³/mol. The van der Waals surface area contributed by atoms with Gasteiger partial charge in [-0.15, -0.1) is 0 Å². The van der Waals surface area contributed by atoms with Gasteiger partial charge in [0.25, 0.3) is 5.69 Å². The number of hydrogen-bond donors (Lipinski definition) is 2. The fourth-order valence-electron chi connectivity index (χ4n) is 1.02. The zero-order chi connectivity index (χ0) is 11.3. The second-order valence-electron chi connectivity index (χ2n) is 2.79. The van der Waals surface area contributed by atoms with E-state index in [9.17, 15) is 10.1 Å². The Labute approximate surface area is 87.0 Å². The largest absolute Gasteiger partial charge is 0.370 e. The van der Waals surface area contributed by atoms with Crippen molar-refractivity contribution >= 4 is 17.3 Å². The van der Waals surface area contributed by atoms with Gasteiger partial charge in [-0.3, -0.25) is 15.1 Å². The van der Waals surface area contributed by atoms with Crippen LogP contribution in [0.25, 0.3) is 0 Å². The third kappa shape index (κ3) is 3.26. The Morgan fingerprint density at radius 2 is 2.13 bits per heavy atom. The van der Waals surface area contributed by atoms with Gasteiger partial charge in [-0.2, -0.15) is 0 Å². The van der Waals surface area contributed by atoms with Crippen molar-refractivity contribution in [3.05, 3.63) is 34.4 Å². The number of non-ortho nitro benzene ring substituents is 1. The summed E-state index contributed by atoms with van der Waals surface area (Å²) in [5.41, 5.74) is 6.24. The monoisotopic (exact) mass is 208 g/mol. The van der Waals surface area contributed by atoms with E-state index in [-0.39, 0.29) is 5.69 Å². The van der Waals surface area contributed by atoms with Gasteiger partial charge in [-0.1, -0.05) is 0 Å². The Bertz CT molecular complexity index is 372. The highest BCUT2D eigenvalue weighted by Gasteiger charge is 2.03. The van der Waals surface area contributed by atoms with Gasteiger partial charge in [-0.25, -0.2) is 0 Å². The first-order valence-electron chi connectivity index (χ1n) is 4.45. The van der Waals surface area contributed by atoms with Crippen molar-refractivity contribution in [3.63, 3.8) is 0 Å². The van der Waals surface area contributed by atoms with Gasteiger partial charge >= 0.3 is 0 Å². The van der Waals surface area contributed by atoms with Crippen LogP contribution >= 0.6 is 0 Å². The second kappa shape index (κ2) is 4.94. The Balaban J connectivity index is 2.73. The molecular formula is C9H12N4O2. The summed E-state index contributed by atoms with van der Waals surface area (Å²) in [4.78, 5) is 13.8. The molecule has 1 rings (SSSR count).